The van der Waals surface area contributed by atoms with Gasteiger partial charge < -0.3 is 10.5 Å². The van der Waals surface area contributed by atoms with Crippen molar-refractivity contribution in [2.24, 2.45) is 0 Å². The molecule has 22 heavy (non-hydrogen) atoms. The van der Waals surface area contributed by atoms with Crippen molar-refractivity contribution >= 4 is 16.7 Å². The molecule has 0 atom stereocenters. The van der Waals surface area contributed by atoms with Gasteiger partial charge in [0, 0.05) is 16.6 Å². The fourth-order valence-corrected chi connectivity index (χ4v) is 3.41. The predicted molar refractivity (Wildman–Crippen MR) is 88.1 cm³/mol. The molecule has 4 rings (SSSR count). The van der Waals surface area contributed by atoms with Gasteiger partial charge in [-0.3, -0.25) is 0 Å². The summed E-state index contributed by atoms with van der Waals surface area (Å²) in [5.74, 6) is 1.18. The van der Waals surface area contributed by atoms with Crippen LogP contribution in [0.2, 0.25) is 0 Å². The van der Waals surface area contributed by atoms with Crippen LogP contribution < -0.4 is 10.5 Å². The first-order chi connectivity index (χ1) is 10.7. The van der Waals surface area contributed by atoms with E-state index in [1.165, 1.54) is 16.5 Å². The first-order valence-corrected chi connectivity index (χ1v) is 7.40. The molecule has 2 aromatic carbocycles. The van der Waals surface area contributed by atoms with Crippen LogP contribution in [0.3, 0.4) is 0 Å². The van der Waals surface area contributed by atoms with Gasteiger partial charge >= 0.3 is 0 Å². The van der Waals surface area contributed by atoms with E-state index in [4.69, 9.17) is 10.5 Å². The highest BCUT2D eigenvalue weighted by Gasteiger charge is 2.20. The highest BCUT2D eigenvalue weighted by molar-refractivity contribution is 6.04. The van der Waals surface area contributed by atoms with E-state index in [9.17, 15) is 0 Å². The number of methoxy groups -OCH3 is 1. The second-order valence-corrected chi connectivity index (χ2v) is 5.70. The zero-order chi connectivity index (χ0) is 15.3. The Bertz CT molecular complexity index is 872. The Kier molecular flexibility index (Phi) is 2.79. The van der Waals surface area contributed by atoms with Crippen molar-refractivity contribution in [1.82, 2.24) is 9.97 Å². The second kappa shape index (κ2) is 4.70. The standard InChI is InChI=1S/C18H17N3O/c1-10-9-14(21-18(19)20-10)13-7-5-11-3-4-12-6-8-15(22-2)17(13)16(11)12/h5-9H,3-4H2,1-2H3,(H2,19,20,21). The maximum atomic E-state index is 5.83. The van der Waals surface area contributed by atoms with Gasteiger partial charge in [-0.15, -0.1) is 0 Å². The minimum Gasteiger partial charge on any atom is -0.496 e. The Morgan fingerprint density at radius 1 is 1.00 bits per heavy atom. The van der Waals surface area contributed by atoms with Gasteiger partial charge in [0.15, 0.2) is 0 Å². The Morgan fingerprint density at radius 3 is 2.41 bits per heavy atom. The predicted octanol–water partition coefficient (Wildman–Crippen LogP) is 3.29. The largest absolute Gasteiger partial charge is 0.496 e. The summed E-state index contributed by atoms with van der Waals surface area (Å²) in [7, 11) is 1.71. The van der Waals surface area contributed by atoms with Crippen LogP contribution in [0.15, 0.2) is 30.3 Å². The number of benzene rings is 2. The molecule has 0 saturated carbocycles. The number of ether oxygens (including phenoxy) is 1. The minimum atomic E-state index is 0.303. The highest BCUT2D eigenvalue weighted by atomic mass is 16.5. The summed E-state index contributed by atoms with van der Waals surface area (Å²) in [6.07, 6.45) is 2.18. The van der Waals surface area contributed by atoms with Crippen LogP contribution in [0.4, 0.5) is 5.95 Å². The molecule has 1 heterocycles. The van der Waals surface area contributed by atoms with Crippen molar-refractivity contribution in [3.63, 3.8) is 0 Å². The van der Waals surface area contributed by atoms with Crippen molar-refractivity contribution in [3.8, 4) is 17.0 Å². The van der Waals surface area contributed by atoms with Gasteiger partial charge in [0.2, 0.25) is 5.95 Å². The van der Waals surface area contributed by atoms with Crippen LogP contribution in [0.5, 0.6) is 5.75 Å². The maximum absolute atomic E-state index is 5.83. The molecular formula is C18H17N3O. The number of aryl methyl sites for hydroxylation is 3. The van der Waals surface area contributed by atoms with Crippen molar-refractivity contribution in [2.45, 2.75) is 19.8 Å². The summed E-state index contributed by atoms with van der Waals surface area (Å²) in [6, 6.07) is 10.5. The van der Waals surface area contributed by atoms with Crippen molar-refractivity contribution in [1.29, 1.82) is 0 Å². The average molecular weight is 291 g/mol. The zero-order valence-corrected chi connectivity index (χ0v) is 12.7. The molecule has 1 aliphatic carbocycles. The van der Waals surface area contributed by atoms with Crippen LogP contribution in [0.25, 0.3) is 22.0 Å². The lowest BCUT2D eigenvalue weighted by Crippen LogP contribution is -1.99. The number of hydrogen-bond acceptors (Lipinski definition) is 4. The fourth-order valence-electron chi connectivity index (χ4n) is 3.41. The van der Waals surface area contributed by atoms with E-state index in [1.807, 2.05) is 19.1 Å². The first kappa shape index (κ1) is 13.1. The number of nitrogen functional groups attached to an aromatic ring is 1. The van der Waals surface area contributed by atoms with Gasteiger partial charge in [-0.2, -0.15) is 0 Å². The third kappa shape index (κ3) is 1.84. The Hall–Kier alpha value is -2.62. The zero-order valence-electron chi connectivity index (χ0n) is 12.7. The molecule has 1 aliphatic rings. The summed E-state index contributed by atoms with van der Waals surface area (Å²) in [4.78, 5) is 8.59. The van der Waals surface area contributed by atoms with E-state index in [-0.39, 0.29) is 0 Å². The molecule has 0 amide bonds. The molecule has 0 radical (unpaired) electrons. The summed E-state index contributed by atoms with van der Waals surface area (Å²) < 4.78 is 5.61. The number of aromatic nitrogens is 2. The van der Waals surface area contributed by atoms with Gasteiger partial charge in [-0.1, -0.05) is 18.2 Å². The molecule has 0 bridgehead atoms. The van der Waals surface area contributed by atoms with Crippen LogP contribution in [0.1, 0.15) is 16.8 Å². The van der Waals surface area contributed by atoms with E-state index < -0.39 is 0 Å². The van der Waals surface area contributed by atoms with Crippen molar-refractivity contribution < 1.29 is 4.74 Å². The highest BCUT2D eigenvalue weighted by Crippen LogP contribution is 2.41. The van der Waals surface area contributed by atoms with E-state index in [1.54, 1.807) is 7.11 Å². The maximum Gasteiger partial charge on any atom is 0.220 e. The number of nitrogens with zero attached hydrogens (tertiary/aromatic N) is 2. The molecule has 2 N–H and O–H groups in total. The lowest BCUT2D eigenvalue weighted by Gasteiger charge is -2.13. The second-order valence-electron chi connectivity index (χ2n) is 5.70. The Morgan fingerprint density at radius 2 is 1.73 bits per heavy atom. The van der Waals surface area contributed by atoms with Gasteiger partial charge in [0.1, 0.15) is 5.75 Å². The quantitative estimate of drug-likeness (QED) is 0.787. The molecule has 4 heteroatoms. The molecule has 0 spiro atoms. The molecule has 4 nitrogen and oxygen atoms in total. The van der Waals surface area contributed by atoms with E-state index >= 15 is 0 Å². The monoisotopic (exact) mass is 291 g/mol. The normalized spacial score (nSPS) is 12.8. The summed E-state index contributed by atoms with van der Waals surface area (Å²) in [5, 5.41) is 2.44. The Labute approximate surface area is 129 Å². The van der Waals surface area contributed by atoms with Crippen LogP contribution in [-0.2, 0) is 12.8 Å². The lowest BCUT2D eigenvalue weighted by molar-refractivity contribution is 0.420. The first-order valence-electron chi connectivity index (χ1n) is 7.40. The smallest absolute Gasteiger partial charge is 0.220 e. The molecular weight excluding hydrogens is 274 g/mol. The molecule has 0 fully saturated rings. The molecule has 110 valence electrons. The number of hydrogen-bond donors (Lipinski definition) is 1. The molecule has 1 aromatic heterocycles. The van der Waals surface area contributed by atoms with Gasteiger partial charge in [-0.05, 0) is 48.4 Å². The third-order valence-corrected chi connectivity index (χ3v) is 4.33. The van der Waals surface area contributed by atoms with Crippen LogP contribution >= 0.6 is 0 Å². The fraction of sp³-hybridized carbons (Fsp3) is 0.222. The van der Waals surface area contributed by atoms with E-state index in [0.717, 1.165) is 40.9 Å². The summed E-state index contributed by atoms with van der Waals surface area (Å²) in [5.41, 5.74) is 11.4. The van der Waals surface area contributed by atoms with Crippen molar-refractivity contribution in [3.05, 3.63) is 47.2 Å². The topological polar surface area (TPSA) is 61.0 Å². The Balaban J connectivity index is 2.11. The van der Waals surface area contributed by atoms with E-state index in [0.29, 0.717) is 5.95 Å². The SMILES string of the molecule is COc1ccc2c3c(ccc(-c4cc(C)nc(N)n4)c13)CC2. The van der Waals surface area contributed by atoms with Gasteiger partial charge in [-0.25, -0.2) is 9.97 Å². The lowest BCUT2D eigenvalue weighted by atomic mass is 9.97. The average Bonchev–Trinajstić information content (AvgIpc) is 2.92. The molecule has 0 unspecified atom stereocenters. The third-order valence-electron chi connectivity index (χ3n) is 4.33. The molecule has 3 aromatic rings. The van der Waals surface area contributed by atoms with Crippen molar-refractivity contribution in [2.75, 3.05) is 12.8 Å². The summed E-state index contributed by atoms with van der Waals surface area (Å²) >= 11 is 0. The molecule has 0 saturated heterocycles. The molecule has 0 aliphatic heterocycles. The van der Waals surface area contributed by atoms with E-state index in [2.05, 4.69) is 28.2 Å². The van der Waals surface area contributed by atoms with Crippen LogP contribution in [-0.4, -0.2) is 17.1 Å². The number of rotatable bonds is 2. The van der Waals surface area contributed by atoms with Gasteiger partial charge in [0.25, 0.3) is 0 Å². The number of anilines is 1. The number of nitrogens with two attached hydrogens (primary N) is 1. The summed E-state index contributed by atoms with van der Waals surface area (Å²) in [6.45, 7) is 1.93. The van der Waals surface area contributed by atoms with Gasteiger partial charge in [0.05, 0.1) is 12.8 Å². The van der Waals surface area contributed by atoms with Crippen LogP contribution in [0, 0.1) is 6.92 Å². The minimum absolute atomic E-state index is 0.303.